The minimum absolute atomic E-state index is 0.264. The van der Waals surface area contributed by atoms with E-state index in [1.54, 1.807) is 6.07 Å². The summed E-state index contributed by atoms with van der Waals surface area (Å²) in [5.41, 5.74) is 3.28. The number of hydrogen-bond acceptors (Lipinski definition) is 3. The van der Waals surface area contributed by atoms with Gasteiger partial charge in [-0.05, 0) is 31.0 Å². The molecule has 0 aliphatic rings. The summed E-state index contributed by atoms with van der Waals surface area (Å²) < 4.78 is 18.2. The zero-order valence-corrected chi connectivity index (χ0v) is 11.2. The van der Waals surface area contributed by atoms with Gasteiger partial charge < -0.3 is 10.1 Å². The Hall–Kier alpha value is -1.66. The minimum Gasteiger partial charge on any atom is -0.382 e. The summed E-state index contributed by atoms with van der Waals surface area (Å²) in [6.07, 6.45) is 0.870. The van der Waals surface area contributed by atoms with Gasteiger partial charge in [0.2, 0.25) is 5.96 Å². The molecule has 19 heavy (non-hydrogen) atoms. The second kappa shape index (κ2) is 9.29. The normalized spacial score (nSPS) is 11.4. The lowest BCUT2D eigenvalue weighted by Crippen LogP contribution is -2.42. The van der Waals surface area contributed by atoms with Gasteiger partial charge in [-0.25, -0.2) is 15.2 Å². The van der Waals surface area contributed by atoms with Crippen molar-refractivity contribution in [2.75, 3.05) is 19.8 Å². The Morgan fingerprint density at radius 2 is 2.32 bits per heavy atom. The van der Waals surface area contributed by atoms with Crippen molar-refractivity contribution < 1.29 is 9.13 Å². The fourth-order valence-electron chi connectivity index (χ4n) is 1.48. The van der Waals surface area contributed by atoms with E-state index in [-0.39, 0.29) is 5.82 Å². The number of rotatable bonds is 7. The third-order valence-electron chi connectivity index (χ3n) is 2.41. The first kappa shape index (κ1) is 15.4. The number of hydrogen-bond donors (Lipinski definition) is 3. The van der Waals surface area contributed by atoms with Gasteiger partial charge in [0.05, 0.1) is 6.54 Å². The van der Waals surface area contributed by atoms with Crippen LogP contribution in [0.3, 0.4) is 0 Å². The summed E-state index contributed by atoms with van der Waals surface area (Å²) in [4.78, 5) is 4.23. The van der Waals surface area contributed by atoms with Gasteiger partial charge in [-0.2, -0.15) is 0 Å². The standard InChI is InChI=1S/C13H21FN4O/c1-2-19-8-4-7-16-13(18-15)17-10-11-5-3-6-12(14)9-11/h3,5-6,9H,2,4,7-8,10,15H2,1H3,(H2,16,17,18). The largest absolute Gasteiger partial charge is 0.382 e. The molecule has 0 aliphatic carbocycles. The van der Waals surface area contributed by atoms with Crippen molar-refractivity contribution in [3.05, 3.63) is 35.6 Å². The molecule has 6 heteroatoms. The SMILES string of the molecule is CCOCCCNC(=NCc1cccc(F)c1)NN. The van der Waals surface area contributed by atoms with Crippen LogP contribution in [0.4, 0.5) is 4.39 Å². The van der Waals surface area contributed by atoms with Crippen molar-refractivity contribution in [2.24, 2.45) is 10.8 Å². The number of benzene rings is 1. The average Bonchev–Trinajstić information content (AvgIpc) is 2.42. The number of ether oxygens (including phenoxy) is 1. The summed E-state index contributed by atoms with van der Waals surface area (Å²) in [5.74, 6) is 5.58. The molecule has 0 amide bonds. The van der Waals surface area contributed by atoms with Gasteiger partial charge >= 0.3 is 0 Å². The molecule has 0 bridgehead atoms. The second-order valence-electron chi connectivity index (χ2n) is 3.92. The number of nitrogens with one attached hydrogen (secondary N) is 2. The average molecular weight is 268 g/mol. The molecule has 0 atom stereocenters. The molecule has 4 N–H and O–H groups in total. The summed E-state index contributed by atoms with van der Waals surface area (Å²) in [6, 6.07) is 6.33. The van der Waals surface area contributed by atoms with E-state index >= 15 is 0 Å². The maximum Gasteiger partial charge on any atom is 0.206 e. The lowest BCUT2D eigenvalue weighted by atomic mass is 10.2. The molecule has 0 saturated carbocycles. The molecule has 0 unspecified atom stereocenters. The van der Waals surface area contributed by atoms with Crippen LogP contribution in [0.2, 0.25) is 0 Å². The highest BCUT2D eigenvalue weighted by atomic mass is 19.1. The Labute approximate surface area is 113 Å². The molecule has 106 valence electrons. The Balaban J connectivity index is 2.35. The van der Waals surface area contributed by atoms with Crippen LogP contribution in [0.15, 0.2) is 29.3 Å². The van der Waals surface area contributed by atoms with Crippen LogP contribution < -0.4 is 16.6 Å². The highest BCUT2D eigenvalue weighted by Gasteiger charge is 1.97. The summed E-state index contributed by atoms with van der Waals surface area (Å²) in [5, 5.41) is 3.05. The van der Waals surface area contributed by atoms with Gasteiger partial charge in [-0.1, -0.05) is 12.1 Å². The molecule has 0 radical (unpaired) electrons. The predicted molar refractivity (Wildman–Crippen MR) is 74.0 cm³/mol. The molecule has 1 aromatic rings. The third-order valence-corrected chi connectivity index (χ3v) is 2.41. The summed E-state index contributed by atoms with van der Waals surface area (Å²) >= 11 is 0. The molecule has 0 saturated heterocycles. The molecule has 1 rings (SSSR count). The van der Waals surface area contributed by atoms with Gasteiger partial charge in [0.25, 0.3) is 0 Å². The zero-order chi connectivity index (χ0) is 13.9. The number of nitrogens with two attached hydrogens (primary N) is 1. The van der Waals surface area contributed by atoms with E-state index in [2.05, 4.69) is 15.7 Å². The summed E-state index contributed by atoms with van der Waals surface area (Å²) in [6.45, 7) is 4.46. The van der Waals surface area contributed by atoms with E-state index in [0.717, 1.165) is 18.6 Å². The number of hydrazine groups is 1. The van der Waals surface area contributed by atoms with Crippen molar-refractivity contribution in [1.29, 1.82) is 0 Å². The first-order valence-corrected chi connectivity index (χ1v) is 6.33. The molecule has 1 aromatic carbocycles. The van der Waals surface area contributed by atoms with E-state index in [9.17, 15) is 4.39 Å². The van der Waals surface area contributed by atoms with Gasteiger partial charge in [-0.15, -0.1) is 0 Å². The maximum atomic E-state index is 13.0. The lowest BCUT2D eigenvalue weighted by molar-refractivity contribution is 0.145. The second-order valence-corrected chi connectivity index (χ2v) is 3.92. The minimum atomic E-state index is -0.264. The first-order valence-electron chi connectivity index (χ1n) is 6.33. The van der Waals surface area contributed by atoms with Crippen molar-refractivity contribution in [3.8, 4) is 0 Å². The predicted octanol–water partition coefficient (Wildman–Crippen LogP) is 1.16. The van der Waals surface area contributed by atoms with Gasteiger partial charge in [0.1, 0.15) is 5.82 Å². The Morgan fingerprint density at radius 3 is 3.00 bits per heavy atom. The summed E-state index contributed by atoms with van der Waals surface area (Å²) in [7, 11) is 0. The van der Waals surface area contributed by atoms with Gasteiger partial charge in [0, 0.05) is 19.8 Å². The van der Waals surface area contributed by atoms with E-state index in [1.807, 2.05) is 13.0 Å². The van der Waals surface area contributed by atoms with Gasteiger partial charge in [0.15, 0.2) is 0 Å². The zero-order valence-electron chi connectivity index (χ0n) is 11.2. The Morgan fingerprint density at radius 1 is 1.47 bits per heavy atom. The quantitative estimate of drug-likeness (QED) is 0.228. The van der Waals surface area contributed by atoms with E-state index in [1.165, 1.54) is 12.1 Å². The molecular formula is C13H21FN4O. The van der Waals surface area contributed by atoms with Crippen LogP contribution in [-0.2, 0) is 11.3 Å². The molecule has 0 fully saturated rings. The number of halogens is 1. The molecule has 0 aliphatic heterocycles. The van der Waals surface area contributed by atoms with Crippen LogP contribution in [0, 0.1) is 5.82 Å². The van der Waals surface area contributed by atoms with Crippen molar-refractivity contribution >= 4 is 5.96 Å². The number of nitrogens with zero attached hydrogens (tertiary/aromatic N) is 1. The van der Waals surface area contributed by atoms with Crippen molar-refractivity contribution in [3.63, 3.8) is 0 Å². The van der Waals surface area contributed by atoms with Crippen molar-refractivity contribution in [2.45, 2.75) is 19.9 Å². The van der Waals surface area contributed by atoms with E-state index in [0.29, 0.717) is 25.7 Å². The first-order chi connectivity index (χ1) is 9.26. The maximum absolute atomic E-state index is 13.0. The van der Waals surface area contributed by atoms with E-state index < -0.39 is 0 Å². The highest BCUT2D eigenvalue weighted by Crippen LogP contribution is 2.04. The monoisotopic (exact) mass is 268 g/mol. The number of aliphatic imine (C=N–C) groups is 1. The van der Waals surface area contributed by atoms with Crippen LogP contribution in [0.25, 0.3) is 0 Å². The topological polar surface area (TPSA) is 71.7 Å². The van der Waals surface area contributed by atoms with Crippen LogP contribution >= 0.6 is 0 Å². The highest BCUT2D eigenvalue weighted by molar-refractivity contribution is 5.79. The fourth-order valence-corrected chi connectivity index (χ4v) is 1.48. The molecule has 0 aromatic heterocycles. The fraction of sp³-hybridized carbons (Fsp3) is 0.462. The van der Waals surface area contributed by atoms with Crippen molar-refractivity contribution in [1.82, 2.24) is 10.7 Å². The molecular weight excluding hydrogens is 247 g/mol. The Bertz CT molecular complexity index is 398. The van der Waals surface area contributed by atoms with Crippen LogP contribution in [0.5, 0.6) is 0 Å². The molecule has 5 nitrogen and oxygen atoms in total. The Kier molecular flexibility index (Phi) is 7.53. The lowest BCUT2D eigenvalue weighted by Gasteiger charge is -2.09. The van der Waals surface area contributed by atoms with Crippen LogP contribution in [0.1, 0.15) is 18.9 Å². The smallest absolute Gasteiger partial charge is 0.206 e. The van der Waals surface area contributed by atoms with Crippen LogP contribution in [-0.4, -0.2) is 25.7 Å². The number of guanidine groups is 1. The van der Waals surface area contributed by atoms with E-state index in [4.69, 9.17) is 10.6 Å². The third kappa shape index (κ3) is 6.73. The molecule has 0 spiro atoms. The van der Waals surface area contributed by atoms with Gasteiger partial charge in [-0.3, -0.25) is 5.43 Å². The molecule has 0 heterocycles.